The minimum Gasteiger partial charge on any atom is -0.313 e. The molecule has 1 N–H and O–H groups in total. The molecule has 0 saturated heterocycles. The van der Waals surface area contributed by atoms with Crippen molar-refractivity contribution in [3.63, 3.8) is 0 Å². The Morgan fingerprint density at radius 3 is 2.00 bits per heavy atom. The van der Waals surface area contributed by atoms with E-state index in [9.17, 15) is 17.6 Å². The van der Waals surface area contributed by atoms with Crippen molar-refractivity contribution in [3.8, 4) is 0 Å². The van der Waals surface area contributed by atoms with Crippen molar-refractivity contribution in [2.24, 2.45) is 16.7 Å². The summed E-state index contributed by atoms with van der Waals surface area (Å²) >= 11 is 0. The van der Waals surface area contributed by atoms with Gasteiger partial charge in [-0.15, -0.1) is 0 Å². The van der Waals surface area contributed by atoms with Crippen LogP contribution in [0.1, 0.15) is 44.9 Å². The normalized spacial score (nSPS) is 22.1. The molecule has 0 amide bonds. The third-order valence-electron chi connectivity index (χ3n) is 5.43. The van der Waals surface area contributed by atoms with Gasteiger partial charge in [0, 0.05) is 6.04 Å². The van der Waals surface area contributed by atoms with E-state index in [0.717, 1.165) is 12.1 Å². The number of halogens is 4. The summed E-state index contributed by atoms with van der Waals surface area (Å²) in [4.78, 5) is 0. The molecule has 5 heteroatoms. The first-order chi connectivity index (χ1) is 9.44. The van der Waals surface area contributed by atoms with Gasteiger partial charge in [-0.2, -0.15) is 13.2 Å². The van der Waals surface area contributed by atoms with Crippen molar-refractivity contribution >= 4 is 0 Å². The van der Waals surface area contributed by atoms with Gasteiger partial charge in [0.05, 0.1) is 5.56 Å². The zero-order valence-electron chi connectivity index (χ0n) is 12.9. The van der Waals surface area contributed by atoms with Crippen LogP contribution in [0.25, 0.3) is 0 Å². The summed E-state index contributed by atoms with van der Waals surface area (Å²) in [6.45, 7) is 8.43. The smallest absolute Gasteiger partial charge is 0.313 e. The van der Waals surface area contributed by atoms with Gasteiger partial charge in [0.2, 0.25) is 0 Å². The molecular formula is C16H21F4N. The Labute approximate surface area is 122 Å². The van der Waals surface area contributed by atoms with E-state index in [0.29, 0.717) is 5.56 Å². The Bertz CT molecular complexity index is 532. The quantitative estimate of drug-likeness (QED) is 0.792. The largest absolute Gasteiger partial charge is 0.419 e. The number of rotatable bonds is 3. The van der Waals surface area contributed by atoms with Gasteiger partial charge in [-0.05, 0) is 41.5 Å². The molecule has 2 rings (SSSR count). The van der Waals surface area contributed by atoms with Crippen LogP contribution in [0.4, 0.5) is 17.6 Å². The monoisotopic (exact) mass is 303 g/mol. The van der Waals surface area contributed by atoms with E-state index >= 15 is 0 Å². The number of hydrogen-bond acceptors (Lipinski definition) is 1. The van der Waals surface area contributed by atoms with E-state index in [1.165, 1.54) is 6.07 Å². The summed E-state index contributed by atoms with van der Waals surface area (Å²) in [5.41, 5.74) is -0.674. The minimum atomic E-state index is -4.67. The van der Waals surface area contributed by atoms with E-state index in [-0.39, 0.29) is 22.8 Å². The average Bonchev–Trinajstić information content (AvgIpc) is 2.73. The van der Waals surface area contributed by atoms with Gasteiger partial charge < -0.3 is 5.32 Å². The summed E-state index contributed by atoms with van der Waals surface area (Å²) in [5, 5.41) is 3.10. The molecule has 1 saturated carbocycles. The lowest BCUT2D eigenvalue weighted by Gasteiger charge is -2.21. The van der Waals surface area contributed by atoms with Gasteiger partial charge in [0.1, 0.15) is 5.82 Å². The summed E-state index contributed by atoms with van der Waals surface area (Å²) < 4.78 is 52.0. The van der Waals surface area contributed by atoms with E-state index in [2.05, 4.69) is 33.0 Å². The van der Waals surface area contributed by atoms with Gasteiger partial charge in [-0.3, -0.25) is 0 Å². The fourth-order valence-corrected chi connectivity index (χ4v) is 3.56. The second-order valence-electron chi connectivity index (χ2n) is 6.92. The molecule has 0 aromatic heterocycles. The Balaban J connectivity index is 2.42. The highest BCUT2D eigenvalue weighted by molar-refractivity contribution is 5.33. The molecule has 0 bridgehead atoms. The maximum absolute atomic E-state index is 13.4. The lowest BCUT2D eigenvalue weighted by Crippen LogP contribution is -2.22. The van der Waals surface area contributed by atoms with Crippen LogP contribution in [0.3, 0.4) is 0 Å². The summed E-state index contributed by atoms with van der Waals surface area (Å²) in [6.07, 6.45) is -4.67. The van der Waals surface area contributed by atoms with Crippen LogP contribution >= 0.6 is 0 Å². The number of hydrogen-bond donors (Lipinski definition) is 1. The van der Waals surface area contributed by atoms with Crippen LogP contribution in [0, 0.1) is 22.6 Å². The molecule has 1 fully saturated rings. The lowest BCUT2D eigenvalue weighted by atomic mass is 9.95. The van der Waals surface area contributed by atoms with Crippen LogP contribution in [-0.2, 0) is 6.18 Å². The molecule has 1 atom stereocenters. The molecule has 0 radical (unpaired) electrons. The molecule has 1 aliphatic carbocycles. The first kappa shape index (κ1) is 16.3. The predicted molar refractivity (Wildman–Crippen MR) is 74.3 cm³/mol. The predicted octanol–water partition coefficient (Wildman–Crippen LogP) is 4.79. The molecule has 21 heavy (non-hydrogen) atoms. The fourth-order valence-electron chi connectivity index (χ4n) is 3.56. The third-order valence-corrected chi connectivity index (χ3v) is 5.43. The first-order valence-corrected chi connectivity index (χ1v) is 6.98. The number of alkyl halides is 3. The molecule has 1 aromatic rings. The van der Waals surface area contributed by atoms with Crippen molar-refractivity contribution in [2.75, 3.05) is 7.05 Å². The fraction of sp³-hybridized carbons (Fsp3) is 0.625. The number of nitrogens with one attached hydrogen (secondary N) is 1. The minimum absolute atomic E-state index is 0.0213. The van der Waals surface area contributed by atoms with Crippen LogP contribution in [0.2, 0.25) is 0 Å². The van der Waals surface area contributed by atoms with Crippen LogP contribution in [0.5, 0.6) is 0 Å². The summed E-state index contributed by atoms with van der Waals surface area (Å²) in [5.74, 6) is -1.03. The molecule has 0 heterocycles. The molecule has 1 aliphatic rings. The van der Waals surface area contributed by atoms with E-state index in [1.807, 2.05) is 0 Å². The van der Waals surface area contributed by atoms with E-state index in [1.54, 1.807) is 7.05 Å². The Morgan fingerprint density at radius 1 is 1.10 bits per heavy atom. The molecule has 0 aliphatic heterocycles. The van der Waals surface area contributed by atoms with Crippen molar-refractivity contribution in [3.05, 3.63) is 35.1 Å². The Kier molecular flexibility index (Phi) is 3.64. The van der Waals surface area contributed by atoms with Gasteiger partial charge >= 0.3 is 6.18 Å². The molecular weight excluding hydrogens is 282 g/mol. The second-order valence-corrected chi connectivity index (χ2v) is 6.92. The Hall–Kier alpha value is -1.10. The van der Waals surface area contributed by atoms with Crippen molar-refractivity contribution in [1.82, 2.24) is 5.32 Å². The maximum Gasteiger partial charge on any atom is 0.419 e. The van der Waals surface area contributed by atoms with Gasteiger partial charge in [0.15, 0.2) is 0 Å². The lowest BCUT2D eigenvalue weighted by molar-refractivity contribution is -0.140. The SMILES string of the molecule is CNC(c1ccc(F)c(C(F)(F)F)c1)C1C(C)(C)C1(C)C. The molecule has 1 unspecified atom stereocenters. The zero-order valence-corrected chi connectivity index (χ0v) is 12.9. The molecule has 1 aromatic carbocycles. The summed E-state index contributed by atoms with van der Waals surface area (Å²) in [7, 11) is 1.73. The highest BCUT2D eigenvalue weighted by atomic mass is 19.4. The second kappa shape index (κ2) is 4.70. The topological polar surface area (TPSA) is 12.0 Å². The first-order valence-electron chi connectivity index (χ1n) is 6.98. The van der Waals surface area contributed by atoms with E-state index in [4.69, 9.17) is 0 Å². The van der Waals surface area contributed by atoms with Gasteiger partial charge in [0.25, 0.3) is 0 Å². The standard InChI is InChI=1S/C16H21F4N/c1-14(2)13(15(14,3)4)12(21-5)9-6-7-11(17)10(8-9)16(18,19)20/h6-8,12-13,21H,1-5H3. The van der Waals surface area contributed by atoms with Crippen molar-refractivity contribution < 1.29 is 17.6 Å². The number of benzene rings is 1. The maximum atomic E-state index is 13.4. The van der Waals surface area contributed by atoms with Crippen LogP contribution < -0.4 is 5.32 Å². The molecule has 1 nitrogen and oxygen atoms in total. The average molecular weight is 303 g/mol. The zero-order chi connectivity index (χ0) is 16.2. The van der Waals surface area contributed by atoms with Crippen LogP contribution in [-0.4, -0.2) is 7.05 Å². The van der Waals surface area contributed by atoms with Gasteiger partial charge in [-0.25, -0.2) is 4.39 Å². The summed E-state index contributed by atoms with van der Waals surface area (Å²) in [6, 6.07) is 3.05. The van der Waals surface area contributed by atoms with Gasteiger partial charge in [-0.1, -0.05) is 33.8 Å². The Morgan fingerprint density at radius 2 is 1.62 bits per heavy atom. The third kappa shape index (κ3) is 2.45. The molecule has 0 spiro atoms. The highest BCUT2D eigenvalue weighted by Crippen LogP contribution is 2.72. The molecule has 118 valence electrons. The van der Waals surface area contributed by atoms with Crippen molar-refractivity contribution in [1.29, 1.82) is 0 Å². The highest BCUT2D eigenvalue weighted by Gasteiger charge is 2.67. The van der Waals surface area contributed by atoms with E-state index < -0.39 is 17.6 Å². The van der Waals surface area contributed by atoms with Crippen LogP contribution in [0.15, 0.2) is 18.2 Å². The van der Waals surface area contributed by atoms with Crippen molar-refractivity contribution in [2.45, 2.75) is 39.9 Å².